The summed E-state index contributed by atoms with van der Waals surface area (Å²) in [5, 5.41) is 6.29. The summed E-state index contributed by atoms with van der Waals surface area (Å²) >= 11 is 3.39. The first-order chi connectivity index (χ1) is 10.7. The van der Waals surface area contributed by atoms with E-state index in [4.69, 9.17) is 0 Å². The van der Waals surface area contributed by atoms with Crippen molar-refractivity contribution in [1.82, 2.24) is 0 Å². The third kappa shape index (κ3) is 4.88. The van der Waals surface area contributed by atoms with Crippen molar-refractivity contribution in [3.63, 3.8) is 0 Å². The van der Waals surface area contributed by atoms with Gasteiger partial charge in [-0.15, -0.1) is 0 Å². The van der Waals surface area contributed by atoms with E-state index in [2.05, 4.69) is 33.5 Å². The molecule has 0 aromatic heterocycles. The van der Waals surface area contributed by atoms with Crippen LogP contribution in [-0.2, 0) is 0 Å². The molecular formula is C18H21BrN2O. The lowest BCUT2D eigenvalue weighted by molar-refractivity contribution is 0.102. The molecule has 2 N–H and O–H groups in total. The smallest absolute Gasteiger partial charge is 0.256 e. The van der Waals surface area contributed by atoms with Gasteiger partial charge in [0.25, 0.3) is 5.91 Å². The number of nitrogens with one attached hydrogen (secondary N) is 2. The summed E-state index contributed by atoms with van der Waals surface area (Å²) in [6.45, 7) is 3.18. The average molecular weight is 361 g/mol. The van der Waals surface area contributed by atoms with Crippen molar-refractivity contribution in [2.45, 2.75) is 26.2 Å². The Morgan fingerprint density at radius 2 is 1.68 bits per heavy atom. The van der Waals surface area contributed by atoms with Crippen molar-refractivity contribution in [2.75, 3.05) is 17.2 Å². The second-order valence-electron chi connectivity index (χ2n) is 5.15. The van der Waals surface area contributed by atoms with Gasteiger partial charge in [0.05, 0.1) is 5.56 Å². The molecule has 2 aromatic carbocycles. The molecule has 2 aromatic rings. The van der Waals surface area contributed by atoms with Gasteiger partial charge in [0.15, 0.2) is 0 Å². The van der Waals surface area contributed by atoms with E-state index in [1.807, 2.05) is 42.5 Å². The zero-order chi connectivity index (χ0) is 15.8. The third-order valence-corrected chi connectivity index (χ3v) is 4.06. The standard InChI is InChI=1S/C18H21BrN2O/c1-2-3-6-13-20-14-9-11-15(12-10-14)21-18(22)16-7-4-5-8-17(16)19/h4-5,7-12,20H,2-3,6,13H2,1H3,(H,21,22). The molecule has 116 valence electrons. The number of benzene rings is 2. The van der Waals surface area contributed by atoms with Gasteiger partial charge in [0.2, 0.25) is 0 Å². The molecule has 0 fully saturated rings. The highest BCUT2D eigenvalue weighted by molar-refractivity contribution is 9.10. The van der Waals surface area contributed by atoms with E-state index >= 15 is 0 Å². The SMILES string of the molecule is CCCCCNc1ccc(NC(=O)c2ccccc2Br)cc1. The van der Waals surface area contributed by atoms with Crippen molar-refractivity contribution in [3.05, 3.63) is 58.6 Å². The van der Waals surface area contributed by atoms with Gasteiger partial charge in [0.1, 0.15) is 0 Å². The fourth-order valence-corrected chi connectivity index (χ4v) is 2.59. The van der Waals surface area contributed by atoms with Crippen LogP contribution >= 0.6 is 15.9 Å². The Kier molecular flexibility index (Phi) is 6.46. The summed E-state index contributed by atoms with van der Waals surface area (Å²) in [5.74, 6) is -0.115. The van der Waals surface area contributed by atoms with Gasteiger partial charge in [-0.05, 0) is 58.7 Å². The minimum absolute atomic E-state index is 0.115. The summed E-state index contributed by atoms with van der Waals surface area (Å²) < 4.78 is 0.793. The predicted molar refractivity (Wildman–Crippen MR) is 96.6 cm³/mol. The van der Waals surface area contributed by atoms with Crippen molar-refractivity contribution in [2.24, 2.45) is 0 Å². The first-order valence-electron chi connectivity index (χ1n) is 7.60. The number of carbonyl (C=O) groups excluding carboxylic acids is 1. The second kappa shape index (κ2) is 8.59. The lowest BCUT2D eigenvalue weighted by Gasteiger charge is -2.09. The molecule has 0 bridgehead atoms. The zero-order valence-electron chi connectivity index (χ0n) is 12.7. The maximum absolute atomic E-state index is 12.2. The highest BCUT2D eigenvalue weighted by Gasteiger charge is 2.09. The number of anilines is 2. The minimum atomic E-state index is -0.115. The van der Waals surface area contributed by atoms with E-state index in [0.717, 1.165) is 22.4 Å². The lowest BCUT2D eigenvalue weighted by atomic mass is 10.2. The van der Waals surface area contributed by atoms with Gasteiger partial charge >= 0.3 is 0 Å². The van der Waals surface area contributed by atoms with Gasteiger partial charge in [-0.2, -0.15) is 0 Å². The second-order valence-corrected chi connectivity index (χ2v) is 6.00. The van der Waals surface area contributed by atoms with Crippen LogP contribution in [0, 0.1) is 0 Å². The summed E-state index contributed by atoms with van der Waals surface area (Å²) in [6, 6.07) is 15.2. The fourth-order valence-electron chi connectivity index (χ4n) is 2.12. The van der Waals surface area contributed by atoms with Crippen LogP contribution in [0.2, 0.25) is 0 Å². The van der Waals surface area contributed by atoms with Crippen molar-refractivity contribution in [3.8, 4) is 0 Å². The highest BCUT2D eigenvalue weighted by Crippen LogP contribution is 2.19. The van der Waals surface area contributed by atoms with E-state index in [1.54, 1.807) is 6.07 Å². The van der Waals surface area contributed by atoms with Gasteiger partial charge in [-0.1, -0.05) is 31.9 Å². The molecule has 0 aliphatic carbocycles. The zero-order valence-corrected chi connectivity index (χ0v) is 14.3. The number of hydrogen-bond donors (Lipinski definition) is 2. The first kappa shape index (κ1) is 16.6. The van der Waals surface area contributed by atoms with Gasteiger partial charge in [-0.3, -0.25) is 4.79 Å². The lowest BCUT2D eigenvalue weighted by Crippen LogP contribution is -2.12. The van der Waals surface area contributed by atoms with E-state index in [9.17, 15) is 4.79 Å². The van der Waals surface area contributed by atoms with Crippen LogP contribution < -0.4 is 10.6 Å². The molecule has 0 radical (unpaired) electrons. The Morgan fingerprint density at radius 1 is 1.00 bits per heavy atom. The Bertz CT molecular complexity index is 611. The molecule has 22 heavy (non-hydrogen) atoms. The van der Waals surface area contributed by atoms with Gasteiger partial charge < -0.3 is 10.6 Å². The van der Waals surface area contributed by atoms with Crippen molar-refractivity contribution >= 4 is 33.2 Å². The van der Waals surface area contributed by atoms with Crippen LogP contribution in [0.1, 0.15) is 36.5 Å². The van der Waals surface area contributed by atoms with Crippen LogP contribution in [0.25, 0.3) is 0 Å². The minimum Gasteiger partial charge on any atom is -0.385 e. The van der Waals surface area contributed by atoms with Gasteiger partial charge in [0, 0.05) is 22.4 Å². The number of unbranched alkanes of at least 4 members (excludes halogenated alkanes) is 2. The number of hydrogen-bond acceptors (Lipinski definition) is 2. The molecule has 3 nitrogen and oxygen atoms in total. The maximum atomic E-state index is 12.2. The van der Waals surface area contributed by atoms with E-state index in [1.165, 1.54) is 19.3 Å². The molecule has 0 heterocycles. The number of carbonyl (C=O) groups is 1. The summed E-state index contributed by atoms with van der Waals surface area (Å²) in [6.07, 6.45) is 3.64. The van der Waals surface area contributed by atoms with E-state index in [0.29, 0.717) is 5.56 Å². The van der Waals surface area contributed by atoms with Crippen LogP contribution in [0.5, 0.6) is 0 Å². The average Bonchev–Trinajstić information content (AvgIpc) is 2.53. The monoisotopic (exact) mass is 360 g/mol. The Balaban J connectivity index is 1.91. The van der Waals surface area contributed by atoms with E-state index < -0.39 is 0 Å². The van der Waals surface area contributed by atoms with E-state index in [-0.39, 0.29) is 5.91 Å². The highest BCUT2D eigenvalue weighted by atomic mass is 79.9. The van der Waals surface area contributed by atoms with Crippen LogP contribution in [0.3, 0.4) is 0 Å². The molecular weight excluding hydrogens is 340 g/mol. The molecule has 0 aliphatic rings. The maximum Gasteiger partial charge on any atom is 0.256 e. The Labute approximate surface area is 140 Å². The van der Waals surface area contributed by atoms with Crippen LogP contribution in [0.15, 0.2) is 53.0 Å². The number of amides is 1. The Hall–Kier alpha value is -1.81. The normalized spacial score (nSPS) is 10.3. The molecule has 0 atom stereocenters. The molecule has 1 amide bonds. The molecule has 0 saturated heterocycles. The molecule has 0 unspecified atom stereocenters. The number of halogens is 1. The summed E-state index contributed by atoms with van der Waals surface area (Å²) in [4.78, 5) is 12.2. The van der Waals surface area contributed by atoms with Crippen molar-refractivity contribution in [1.29, 1.82) is 0 Å². The Morgan fingerprint density at radius 3 is 2.36 bits per heavy atom. The molecule has 0 spiro atoms. The van der Waals surface area contributed by atoms with Crippen LogP contribution in [-0.4, -0.2) is 12.5 Å². The van der Waals surface area contributed by atoms with Crippen molar-refractivity contribution < 1.29 is 4.79 Å². The molecule has 0 aliphatic heterocycles. The number of rotatable bonds is 7. The largest absolute Gasteiger partial charge is 0.385 e. The fraction of sp³-hybridized carbons (Fsp3) is 0.278. The molecule has 4 heteroatoms. The summed E-state index contributed by atoms with van der Waals surface area (Å²) in [7, 11) is 0. The third-order valence-electron chi connectivity index (χ3n) is 3.37. The molecule has 0 saturated carbocycles. The first-order valence-corrected chi connectivity index (χ1v) is 8.40. The predicted octanol–water partition coefficient (Wildman–Crippen LogP) is 5.30. The molecule has 2 rings (SSSR count). The van der Waals surface area contributed by atoms with Gasteiger partial charge in [-0.25, -0.2) is 0 Å². The van der Waals surface area contributed by atoms with Crippen LogP contribution in [0.4, 0.5) is 11.4 Å². The summed E-state index contributed by atoms with van der Waals surface area (Å²) in [5.41, 5.74) is 2.50. The quantitative estimate of drug-likeness (QED) is 0.657. The topological polar surface area (TPSA) is 41.1 Å².